The van der Waals surface area contributed by atoms with Gasteiger partial charge in [-0.2, -0.15) is 0 Å². The van der Waals surface area contributed by atoms with E-state index in [9.17, 15) is 14.7 Å². The summed E-state index contributed by atoms with van der Waals surface area (Å²) < 4.78 is 20.3. The van der Waals surface area contributed by atoms with E-state index in [1.807, 2.05) is 24.7 Å². The zero-order valence-electron chi connectivity index (χ0n) is 29.5. The first-order chi connectivity index (χ1) is 25.2. The normalized spacial score (nSPS) is 23.7. The number of aromatic nitrogens is 3. The number of hydrogen-bond donors (Lipinski definition) is 2. The van der Waals surface area contributed by atoms with Gasteiger partial charge in [-0.05, 0) is 92.9 Å². The molecule has 5 aromatic rings. The van der Waals surface area contributed by atoms with Crippen LogP contribution in [0.4, 0.5) is 0 Å². The number of fused-ring (bicyclic) bond motifs is 3. The molecule has 0 amide bonds. The molecule has 11 heteroatoms. The Bertz CT molecular complexity index is 2110. The van der Waals surface area contributed by atoms with Crippen LogP contribution in [-0.2, 0) is 11.8 Å². The van der Waals surface area contributed by atoms with Crippen LogP contribution in [0.1, 0.15) is 72.1 Å². The quantitative estimate of drug-likeness (QED) is 0.114. The molecule has 3 aliphatic rings. The highest BCUT2D eigenvalue weighted by Gasteiger charge is 2.55. The van der Waals surface area contributed by atoms with Crippen LogP contribution in [0.5, 0.6) is 11.6 Å². The maximum Gasteiger partial charge on any atom is 0.336 e. The highest BCUT2D eigenvalue weighted by molar-refractivity contribution is 6.08. The molecule has 0 saturated heterocycles. The first-order valence-corrected chi connectivity index (χ1v) is 18.2. The lowest BCUT2D eigenvalue weighted by atomic mass is 9.52. The zero-order valence-corrected chi connectivity index (χ0v) is 29.5. The predicted octanol–water partition coefficient (Wildman–Crippen LogP) is 7.21. The molecule has 3 heterocycles. The number of pyridine rings is 2. The van der Waals surface area contributed by atoms with Crippen LogP contribution < -0.4 is 9.47 Å². The van der Waals surface area contributed by atoms with Gasteiger partial charge in [-0.1, -0.05) is 12.1 Å². The topological polar surface area (TPSA) is 136 Å². The number of aromatic carboxylic acids is 2. The fourth-order valence-corrected chi connectivity index (χ4v) is 8.50. The van der Waals surface area contributed by atoms with Gasteiger partial charge in [0.05, 0.1) is 29.4 Å². The number of carboxylic acids is 2. The second-order valence-corrected chi connectivity index (χ2v) is 14.9. The van der Waals surface area contributed by atoms with Crippen molar-refractivity contribution in [3.8, 4) is 22.8 Å². The van der Waals surface area contributed by atoms with Gasteiger partial charge in [-0.25, -0.2) is 14.6 Å². The van der Waals surface area contributed by atoms with Crippen molar-refractivity contribution in [3.63, 3.8) is 0 Å². The number of benzene rings is 2. The second kappa shape index (κ2) is 13.9. The molecule has 11 nitrogen and oxygen atoms in total. The van der Waals surface area contributed by atoms with Crippen LogP contribution in [0.3, 0.4) is 0 Å². The van der Waals surface area contributed by atoms with Gasteiger partial charge in [-0.3, -0.25) is 4.98 Å². The fourth-order valence-electron chi connectivity index (χ4n) is 8.50. The van der Waals surface area contributed by atoms with Crippen LogP contribution >= 0.6 is 0 Å². The van der Waals surface area contributed by atoms with E-state index in [2.05, 4.69) is 63.9 Å². The Morgan fingerprint density at radius 2 is 1.60 bits per heavy atom. The minimum absolute atomic E-state index is 0.201. The van der Waals surface area contributed by atoms with Gasteiger partial charge in [0.25, 0.3) is 0 Å². The van der Waals surface area contributed by atoms with Crippen molar-refractivity contribution >= 4 is 33.7 Å². The summed E-state index contributed by atoms with van der Waals surface area (Å²) in [6.07, 6.45) is 14.6. The number of aryl methyl sites for hydroxylation is 1. The van der Waals surface area contributed by atoms with Crippen LogP contribution in [0.2, 0.25) is 0 Å². The summed E-state index contributed by atoms with van der Waals surface area (Å²) in [6, 6.07) is 17.9. The SMILES string of the molecule is Cn1c2ccncc2c2ccc(-c3ccc(O[C@H]4C[C@H](N(C)C5CC6(CC(OCCCCOc7ccc(C(=O)O)c(C(=O)O)c7)C6)C5)C4)nc3)cc21. The summed E-state index contributed by atoms with van der Waals surface area (Å²) in [5, 5.41) is 20.8. The number of nitrogens with zero attached hydrogens (tertiary/aromatic N) is 4. The van der Waals surface area contributed by atoms with E-state index < -0.39 is 11.9 Å². The lowest BCUT2D eigenvalue weighted by Crippen LogP contribution is -2.61. The molecule has 3 aliphatic carbocycles. The van der Waals surface area contributed by atoms with Gasteiger partial charge in [0.2, 0.25) is 5.88 Å². The fraction of sp³-hybridized carbons (Fsp3) is 0.415. The summed E-state index contributed by atoms with van der Waals surface area (Å²) in [5.41, 5.74) is 4.46. The molecule has 2 N–H and O–H groups in total. The molecular formula is C41H44N4O7. The molecule has 270 valence electrons. The molecule has 0 aliphatic heterocycles. The third kappa shape index (κ3) is 6.59. The zero-order chi connectivity index (χ0) is 36.0. The summed E-state index contributed by atoms with van der Waals surface area (Å²) in [4.78, 5) is 34.1. The molecule has 3 fully saturated rings. The minimum Gasteiger partial charge on any atom is -0.494 e. The summed E-state index contributed by atoms with van der Waals surface area (Å²) in [7, 11) is 4.37. The summed E-state index contributed by atoms with van der Waals surface area (Å²) >= 11 is 0. The van der Waals surface area contributed by atoms with Gasteiger partial charge in [0.15, 0.2) is 0 Å². The Hall–Kier alpha value is -5.00. The number of carbonyl (C=O) groups is 2. The van der Waals surface area contributed by atoms with E-state index in [-0.39, 0.29) is 17.2 Å². The number of rotatable bonds is 14. The van der Waals surface area contributed by atoms with Crippen LogP contribution in [0.25, 0.3) is 32.9 Å². The smallest absolute Gasteiger partial charge is 0.336 e. The molecule has 0 unspecified atom stereocenters. The first-order valence-electron chi connectivity index (χ1n) is 18.2. The molecule has 2 aromatic carbocycles. The molecule has 0 atom stereocenters. The van der Waals surface area contributed by atoms with Gasteiger partial charge in [0.1, 0.15) is 11.9 Å². The van der Waals surface area contributed by atoms with Crippen LogP contribution in [0, 0.1) is 5.41 Å². The van der Waals surface area contributed by atoms with Crippen molar-refractivity contribution < 1.29 is 34.0 Å². The lowest BCUT2D eigenvalue weighted by molar-refractivity contribution is -0.154. The standard InChI is InChI=1S/C41H44N4O7/c1-44(28-19-41(20-28)21-31(22-41)51-14-4-3-13-50-29-7-9-33(39(46)47)34(18-29)40(48)49)27-16-30(17-27)52-38-10-6-26(23-43-38)25-5-8-32-35-24-42-12-11-36(35)45(2)37(32)15-25/h5-12,15,18,23-24,27-28,30-31H,3-4,13-14,16-17,19-22H2,1-2H3,(H,46,47)(H,48,49)/t27-,28?,30-,31?,41?. The van der Waals surface area contributed by atoms with Crippen molar-refractivity contribution in [2.75, 3.05) is 20.3 Å². The third-order valence-corrected chi connectivity index (χ3v) is 11.7. The maximum atomic E-state index is 11.4. The van der Waals surface area contributed by atoms with Crippen molar-refractivity contribution in [3.05, 3.63) is 84.3 Å². The van der Waals surface area contributed by atoms with E-state index in [0.717, 1.165) is 55.0 Å². The van der Waals surface area contributed by atoms with E-state index in [1.54, 1.807) is 0 Å². The van der Waals surface area contributed by atoms with Crippen molar-refractivity contribution in [1.29, 1.82) is 0 Å². The summed E-state index contributed by atoms with van der Waals surface area (Å²) in [6.45, 7) is 1.08. The molecule has 3 aromatic heterocycles. The van der Waals surface area contributed by atoms with Crippen molar-refractivity contribution in [1.82, 2.24) is 19.4 Å². The highest BCUT2D eigenvalue weighted by Crippen LogP contribution is 2.58. The highest BCUT2D eigenvalue weighted by atomic mass is 16.5. The Morgan fingerprint density at radius 1 is 0.827 bits per heavy atom. The Balaban J connectivity index is 0.716. The Kier molecular flexibility index (Phi) is 9.09. The van der Waals surface area contributed by atoms with Crippen molar-refractivity contribution in [2.24, 2.45) is 12.5 Å². The molecule has 52 heavy (non-hydrogen) atoms. The van der Waals surface area contributed by atoms with E-state index in [4.69, 9.17) is 19.3 Å². The maximum absolute atomic E-state index is 11.4. The number of carboxylic acid groups (broad SMARTS) is 2. The van der Waals surface area contributed by atoms with E-state index in [1.165, 1.54) is 47.5 Å². The molecular weight excluding hydrogens is 660 g/mol. The predicted molar refractivity (Wildman–Crippen MR) is 196 cm³/mol. The van der Waals surface area contributed by atoms with Gasteiger partial charge < -0.3 is 33.9 Å². The number of unbranched alkanes of at least 4 members (excludes halogenated alkanes) is 1. The average molecular weight is 705 g/mol. The number of ether oxygens (including phenoxy) is 3. The Morgan fingerprint density at radius 3 is 2.35 bits per heavy atom. The van der Waals surface area contributed by atoms with E-state index in [0.29, 0.717) is 48.4 Å². The molecule has 3 saturated carbocycles. The minimum atomic E-state index is -1.29. The molecule has 8 rings (SSSR count). The van der Waals surface area contributed by atoms with Gasteiger partial charge in [-0.15, -0.1) is 0 Å². The lowest BCUT2D eigenvalue weighted by Gasteiger charge is -2.61. The molecule has 0 radical (unpaired) electrons. The molecule has 0 bridgehead atoms. The van der Waals surface area contributed by atoms with Crippen LogP contribution in [-0.4, -0.2) is 86.1 Å². The number of hydrogen-bond acceptors (Lipinski definition) is 8. The third-order valence-electron chi connectivity index (χ3n) is 11.7. The van der Waals surface area contributed by atoms with Crippen LogP contribution in [0.15, 0.2) is 73.2 Å². The first kappa shape index (κ1) is 34.1. The molecule has 1 spiro atoms. The van der Waals surface area contributed by atoms with Gasteiger partial charge in [0, 0.05) is 85.1 Å². The summed E-state index contributed by atoms with van der Waals surface area (Å²) in [5.74, 6) is -1.53. The Labute approximate surface area is 302 Å². The van der Waals surface area contributed by atoms with Gasteiger partial charge >= 0.3 is 11.9 Å². The largest absolute Gasteiger partial charge is 0.494 e. The van der Waals surface area contributed by atoms with E-state index >= 15 is 0 Å². The average Bonchev–Trinajstić information content (AvgIpc) is 3.38. The monoisotopic (exact) mass is 704 g/mol. The van der Waals surface area contributed by atoms with Crippen molar-refractivity contribution in [2.45, 2.75) is 75.7 Å². The second-order valence-electron chi connectivity index (χ2n) is 14.9.